The molecule has 4 rings (SSSR count). The zero-order valence-corrected chi connectivity index (χ0v) is 20.3. The number of aryl methyl sites for hydroxylation is 1. The number of carbonyl (C=O) groups excluding carboxylic acids is 1. The number of aromatic nitrogens is 3. The van der Waals surface area contributed by atoms with E-state index in [1.807, 2.05) is 48.0 Å². The van der Waals surface area contributed by atoms with Crippen molar-refractivity contribution in [3.63, 3.8) is 0 Å². The maximum absolute atomic E-state index is 12.9. The van der Waals surface area contributed by atoms with Crippen LogP contribution in [0.1, 0.15) is 30.4 Å². The summed E-state index contributed by atoms with van der Waals surface area (Å²) < 4.78 is 7.66. The van der Waals surface area contributed by atoms with E-state index in [0.29, 0.717) is 11.7 Å². The lowest BCUT2D eigenvalue weighted by molar-refractivity contribution is -0.127. The van der Waals surface area contributed by atoms with E-state index in [9.17, 15) is 4.79 Å². The molecule has 8 heteroatoms. The topological polar surface area (TPSA) is 63.5 Å². The Kier molecular flexibility index (Phi) is 7.54. The molecule has 1 aliphatic rings. The summed E-state index contributed by atoms with van der Waals surface area (Å²) >= 11 is 1.41. The Morgan fingerprint density at radius 2 is 1.79 bits per heavy atom. The highest BCUT2D eigenvalue weighted by atomic mass is 32.2. The van der Waals surface area contributed by atoms with E-state index in [1.54, 1.807) is 12.0 Å². The first kappa shape index (κ1) is 23.2. The molecule has 0 N–H and O–H groups in total. The van der Waals surface area contributed by atoms with Gasteiger partial charge in [0.2, 0.25) is 11.9 Å². The largest absolute Gasteiger partial charge is 0.495 e. The lowest BCUT2D eigenvalue weighted by Gasteiger charge is -2.28. The van der Waals surface area contributed by atoms with Gasteiger partial charge in [0.15, 0.2) is 5.16 Å². The van der Waals surface area contributed by atoms with Crippen LogP contribution in [-0.2, 0) is 11.3 Å². The molecule has 0 radical (unpaired) electrons. The van der Waals surface area contributed by atoms with Crippen LogP contribution in [-0.4, -0.2) is 58.6 Å². The molecule has 0 atom stereocenters. The molecular weight excluding hydrogens is 434 g/mol. The molecule has 1 amide bonds. The Bertz CT molecular complexity index is 1090. The minimum atomic E-state index is 0.0531. The summed E-state index contributed by atoms with van der Waals surface area (Å²) in [5.41, 5.74) is 3.23. The highest BCUT2D eigenvalue weighted by Gasteiger charge is 2.24. The number of anilines is 1. The van der Waals surface area contributed by atoms with Gasteiger partial charge in [0, 0.05) is 26.7 Å². The van der Waals surface area contributed by atoms with Gasteiger partial charge in [0.25, 0.3) is 0 Å². The Morgan fingerprint density at radius 3 is 2.55 bits per heavy atom. The number of para-hydroxylation sites is 2. The molecule has 3 aromatic rings. The van der Waals surface area contributed by atoms with Crippen LogP contribution in [0.5, 0.6) is 5.75 Å². The highest BCUT2D eigenvalue weighted by Crippen LogP contribution is 2.32. The number of amides is 1. The molecule has 0 unspecified atom stereocenters. The second-order valence-corrected chi connectivity index (χ2v) is 9.25. The molecule has 2 heterocycles. The summed E-state index contributed by atoms with van der Waals surface area (Å²) in [4.78, 5) is 17.0. The summed E-state index contributed by atoms with van der Waals surface area (Å²) in [5.74, 6) is 1.90. The molecule has 1 aromatic heterocycles. The van der Waals surface area contributed by atoms with Gasteiger partial charge in [-0.15, -0.1) is 10.2 Å². The predicted octanol–water partition coefficient (Wildman–Crippen LogP) is 4.33. The Balaban J connectivity index is 1.55. The number of carbonyl (C=O) groups is 1. The number of benzene rings is 2. The molecule has 1 saturated heterocycles. The number of nitrogens with zero attached hydrogens (tertiary/aromatic N) is 5. The maximum atomic E-state index is 12.9. The van der Waals surface area contributed by atoms with E-state index in [-0.39, 0.29) is 11.7 Å². The van der Waals surface area contributed by atoms with Crippen molar-refractivity contribution in [2.45, 2.75) is 37.9 Å². The molecule has 33 heavy (non-hydrogen) atoms. The Labute approximate surface area is 199 Å². The summed E-state index contributed by atoms with van der Waals surface area (Å²) in [6.45, 7) is 4.57. The van der Waals surface area contributed by atoms with Crippen molar-refractivity contribution in [3.8, 4) is 11.4 Å². The number of ether oxygens (including phenoxy) is 1. The summed E-state index contributed by atoms with van der Waals surface area (Å²) in [5, 5.41) is 9.70. The first-order chi connectivity index (χ1) is 16.1. The predicted molar refractivity (Wildman–Crippen MR) is 132 cm³/mol. The number of piperidine rings is 1. The van der Waals surface area contributed by atoms with E-state index < -0.39 is 0 Å². The highest BCUT2D eigenvalue weighted by molar-refractivity contribution is 7.99. The molecular formula is C25H31N5O2S. The van der Waals surface area contributed by atoms with Crippen molar-refractivity contribution < 1.29 is 9.53 Å². The van der Waals surface area contributed by atoms with Crippen molar-refractivity contribution >= 4 is 23.6 Å². The SMILES string of the molecule is COc1ccccc1-n1c(SCC(=O)N(C)Cc2ccccc2C)nnc1N1CCCCC1. The molecule has 2 aromatic carbocycles. The number of thioether (sulfide) groups is 1. The van der Waals surface area contributed by atoms with E-state index >= 15 is 0 Å². The van der Waals surface area contributed by atoms with Crippen LogP contribution in [0.25, 0.3) is 5.69 Å². The standard InChI is InChI=1S/C25H31N5O2S/c1-19-11-5-6-12-20(19)17-28(2)23(31)18-33-25-27-26-24(29-15-9-4-10-16-29)30(25)21-13-7-8-14-22(21)32-3/h5-8,11-14H,4,9-10,15-18H2,1-3H3. The molecule has 0 saturated carbocycles. The molecule has 1 aliphatic heterocycles. The minimum Gasteiger partial charge on any atom is -0.495 e. The lowest BCUT2D eigenvalue weighted by atomic mass is 10.1. The van der Waals surface area contributed by atoms with Crippen LogP contribution in [0, 0.1) is 6.92 Å². The van der Waals surface area contributed by atoms with Crippen LogP contribution in [0.2, 0.25) is 0 Å². The third-order valence-corrected chi connectivity index (χ3v) is 6.91. The summed E-state index contributed by atoms with van der Waals surface area (Å²) in [7, 11) is 3.51. The van der Waals surface area contributed by atoms with Crippen LogP contribution in [0.3, 0.4) is 0 Å². The van der Waals surface area contributed by atoms with E-state index in [2.05, 4.69) is 34.2 Å². The van der Waals surface area contributed by atoms with Crippen molar-refractivity contribution in [2.75, 3.05) is 37.9 Å². The van der Waals surface area contributed by atoms with Crippen molar-refractivity contribution in [2.24, 2.45) is 0 Å². The first-order valence-corrected chi connectivity index (χ1v) is 12.3. The fraction of sp³-hybridized carbons (Fsp3) is 0.400. The second-order valence-electron chi connectivity index (χ2n) is 8.30. The summed E-state index contributed by atoms with van der Waals surface area (Å²) in [6, 6.07) is 16.0. The lowest BCUT2D eigenvalue weighted by Crippen LogP contribution is -2.32. The minimum absolute atomic E-state index is 0.0531. The molecule has 0 bridgehead atoms. The van der Waals surface area contributed by atoms with Crippen LogP contribution in [0.4, 0.5) is 5.95 Å². The van der Waals surface area contributed by atoms with Crippen molar-refractivity contribution in [3.05, 3.63) is 59.7 Å². The monoisotopic (exact) mass is 465 g/mol. The number of methoxy groups -OCH3 is 1. The number of hydrogen-bond donors (Lipinski definition) is 0. The Morgan fingerprint density at radius 1 is 1.06 bits per heavy atom. The van der Waals surface area contributed by atoms with Gasteiger partial charge in [-0.3, -0.25) is 9.36 Å². The zero-order valence-electron chi connectivity index (χ0n) is 19.5. The van der Waals surface area contributed by atoms with Crippen LogP contribution >= 0.6 is 11.8 Å². The van der Waals surface area contributed by atoms with Gasteiger partial charge in [0.05, 0.1) is 18.6 Å². The number of hydrogen-bond acceptors (Lipinski definition) is 6. The van der Waals surface area contributed by atoms with Gasteiger partial charge in [-0.25, -0.2) is 0 Å². The maximum Gasteiger partial charge on any atom is 0.233 e. The van der Waals surface area contributed by atoms with Gasteiger partial charge >= 0.3 is 0 Å². The normalized spacial score (nSPS) is 13.7. The quantitative estimate of drug-likeness (QED) is 0.462. The van der Waals surface area contributed by atoms with Crippen molar-refractivity contribution in [1.29, 1.82) is 0 Å². The van der Waals surface area contributed by atoms with E-state index in [4.69, 9.17) is 4.74 Å². The van der Waals surface area contributed by atoms with Crippen LogP contribution in [0.15, 0.2) is 53.7 Å². The average Bonchev–Trinajstić information content (AvgIpc) is 3.28. The average molecular weight is 466 g/mol. The first-order valence-electron chi connectivity index (χ1n) is 11.3. The fourth-order valence-electron chi connectivity index (χ4n) is 4.05. The summed E-state index contributed by atoms with van der Waals surface area (Å²) in [6.07, 6.45) is 3.52. The van der Waals surface area contributed by atoms with Crippen molar-refractivity contribution in [1.82, 2.24) is 19.7 Å². The molecule has 7 nitrogen and oxygen atoms in total. The molecule has 0 spiro atoms. The van der Waals surface area contributed by atoms with Gasteiger partial charge < -0.3 is 14.5 Å². The van der Waals surface area contributed by atoms with Crippen LogP contribution < -0.4 is 9.64 Å². The van der Waals surface area contributed by atoms with Gasteiger partial charge in [-0.05, 0) is 49.4 Å². The van der Waals surface area contributed by atoms with E-state index in [0.717, 1.165) is 48.9 Å². The van der Waals surface area contributed by atoms with E-state index in [1.165, 1.54) is 23.7 Å². The third-order valence-electron chi connectivity index (χ3n) is 6.00. The molecule has 1 fully saturated rings. The molecule has 174 valence electrons. The zero-order chi connectivity index (χ0) is 23.2. The van der Waals surface area contributed by atoms with Gasteiger partial charge in [-0.2, -0.15) is 0 Å². The van der Waals surface area contributed by atoms with Gasteiger partial charge in [0.1, 0.15) is 5.75 Å². The van der Waals surface area contributed by atoms with Gasteiger partial charge in [-0.1, -0.05) is 48.2 Å². The number of rotatable bonds is 8. The third kappa shape index (κ3) is 5.33. The Hall–Kier alpha value is -3.00. The molecule has 0 aliphatic carbocycles. The second kappa shape index (κ2) is 10.7. The fourth-order valence-corrected chi connectivity index (χ4v) is 4.93. The smallest absolute Gasteiger partial charge is 0.233 e.